The van der Waals surface area contributed by atoms with Gasteiger partial charge in [-0.3, -0.25) is 9.59 Å². The lowest BCUT2D eigenvalue weighted by Crippen LogP contribution is -2.40. The number of carbonyl (C=O) groups excluding carboxylic acids is 2. The first-order valence-electron chi connectivity index (χ1n) is 7.24. The maximum Gasteiger partial charge on any atom is 0.244 e. The number of benzene rings is 1. The molecule has 0 aliphatic heterocycles. The molecule has 3 N–H and O–H groups in total. The van der Waals surface area contributed by atoms with Crippen LogP contribution in [0.4, 0.5) is 0 Å². The van der Waals surface area contributed by atoms with Gasteiger partial charge in [-0.25, -0.2) is 0 Å². The van der Waals surface area contributed by atoms with Crippen LogP contribution in [0, 0.1) is 5.92 Å². The minimum Gasteiger partial charge on any atom is -0.368 e. The van der Waals surface area contributed by atoms with E-state index in [2.05, 4.69) is 19.2 Å². The average molecular weight is 276 g/mol. The number of rotatable bonds is 8. The number of primary amides is 1. The topological polar surface area (TPSA) is 72.2 Å². The Labute approximate surface area is 120 Å². The van der Waals surface area contributed by atoms with Gasteiger partial charge in [0.1, 0.15) is 6.04 Å². The van der Waals surface area contributed by atoms with Gasteiger partial charge < -0.3 is 11.1 Å². The molecule has 0 aliphatic rings. The smallest absolute Gasteiger partial charge is 0.244 e. The van der Waals surface area contributed by atoms with Crippen molar-refractivity contribution < 1.29 is 9.59 Å². The second kappa shape index (κ2) is 8.35. The monoisotopic (exact) mass is 276 g/mol. The molecular weight excluding hydrogens is 252 g/mol. The van der Waals surface area contributed by atoms with Gasteiger partial charge in [0.25, 0.3) is 0 Å². The molecule has 110 valence electrons. The van der Waals surface area contributed by atoms with Crippen molar-refractivity contribution in [3.63, 3.8) is 0 Å². The van der Waals surface area contributed by atoms with Crippen molar-refractivity contribution in [2.45, 2.75) is 45.6 Å². The number of hydrogen-bond acceptors (Lipinski definition) is 2. The van der Waals surface area contributed by atoms with Crippen molar-refractivity contribution in [2.24, 2.45) is 11.7 Å². The maximum atomic E-state index is 12.3. The minimum atomic E-state index is -0.750. The molecule has 1 aromatic carbocycles. The minimum absolute atomic E-state index is 0.0458. The quantitative estimate of drug-likeness (QED) is 0.766. The molecule has 0 fully saturated rings. The Bertz CT molecular complexity index is 425. The van der Waals surface area contributed by atoms with E-state index in [4.69, 9.17) is 5.73 Å². The number of amides is 2. The molecule has 1 rings (SSSR count). The molecule has 0 saturated heterocycles. The summed E-state index contributed by atoms with van der Waals surface area (Å²) >= 11 is 0. The highest BCUT2D eigenvalue weighted by atomic mass is 16.2. The zero-order chi connectivity index (χ0) is 15.0. The highest BCUT2D eigenvalue weighted by Crippen LogP contribution is 2.17. The summed E-state index contributed by atoms with van der Waals surface area (Å²) in [7, 11) is 0. The van der Waals surface area contributed by atoms with Crippen molar-refractivity contribution in [3.05, 3.63) is 35.9 Å². The van der Waals surface area contributed by atoms with Gasteiger partial charge >= 0.3 is 0 Å². The zero-order valence-corrected chi connectivity index (χ0v) is 12.3. The summed E-state index contributed by atoms with van der Waals surface area (Å²) in [6.45, 7) is 4.11. The molecule has 1 unspecified atom stereocenters. The molecule has 4 heteroatoms. The van der Waals surface area contributed by atoms with Gasteiger partial charge in [-0.15, -0.1) is 0 Å². The molecule has 0 radical (unpaired) electrons. The molecule has 20 heavy (non-hydrogen) atoms. The van der Waals surface area contributed by atoms with Crippen LogP contribution >= 0.6 is 0 Å². The molecule has 0 heterocycles. The van der Waals surface area contributed by atoms with Gasteiger partial charge in [0.05, 0.1) is 0 Å². The first-order chi connectivity index (χ1) is 9.60. The second-order valence-corrected chi connectivity index (χ2v) is 5.03. The third kappa shape index (κ3) is 4.68. The summed E-state index contributed by atoms with van der Waals surface area (Å²) in [5.41, 5.74) is 6.13. The Morgan fingerprint density at radius 2 is 1.65 bits per heavy atom. The lowest BCUT2D eigenvalue weighted by Gasteiger charge is -2.20. The fourth-order valence-electron chi connectivity index (χ4n) is 2.33. The molecular formula is C16H24N2O2. The van der Waals surface area contributed by atoms with E-state index in [-0.39, 0.29) is 11.8 Å². The lowest BCUT2D eigenvalue weighted by atomic mass is 9.96. The van der Waals surface area contributed by atoms with Crippen LogP contribution in [0.2, 0.25) is 0 Å². The van der Waals surface area contributed by atoms with Crippen LogP contribution in [-0.2, 0) is 9.59 Å². The van der Waals surface area contributed by atoms with Crippen LogP contribution < -0.4 is 11.1 Å². The van der Waals surface area contributed by atoms with Crippen LogP contribution in [0.15, 0.2) is 30.3 Å². The zero-order valence-electron chi connectivity index (χ0n) is 12.3. The van der Waals surface area contributed by atoms with Crippen LogP contribution in [0.1, 0.15) is 51.1 Å². The molecule has 1 atom stereocenters. The first kappa shape index (κ1) is 16.2. The summed E-state index contributed by atoms with van der Waals surface area (Å²) in [5.74, 6) is -0.659. The summed E-state index contributed by atoms with van der Waals surface area (Å²) in [4.78, 5) is 23.9. The Kier molecular flexibility index (Phi) is 6.77. The van der Waals surface area contributed by atoms with Crippen molar-refractivity contribution in [1.82, 2.24) is 5.32 Å². The molecule has 0 saturated carbocycles. The largest absolute Gasteiger partial charge is 0.368 e. The van der Waals surface area contributed by atoms with Gasteiger partial charge in [0, 0.05) is 5.92 Å². The van der Waals surface area contributed by atoms with E-state index >= 15 is 0 Å². The van der Waals surface area contributed by atoms with Gasteiger partial charge in [0.15, 0.2) is 0 Å². The first-order valence-corrected chi connectivity index (χ1v) is 7.24. The summed E-state index contributed by atoms with van der Waals surface area (Å²) in [6, 6.07) is 8.36. The highest BCUT2D eigenvalue weighted by molar-refractivity contribution is 5.88. The highest BCUT2D eigenvalue weighted by Gasteiger charge is 2.24. The van der Waals surface area contributed by atoms with Crippen molar-refractivity contribution in [1.29, 1.82) is 0 Å². The predicted molar refractivity (Wildman–Crippen MR) is 79.8 cm³/mol. The van der Waals surface area contributed by atoms with E-state index in [1.54, 1.807) is 12.1 Å². The van der Waals surface area contributed by atoms with Crippen molar-refractivity contribution >= 4 is 11.8 Å². The molecule has 4 nitrogen and oxygen atoms in total. The Balaban J connectivity index is 2.80. The van der Waals surface area contributed by atoms with Gasteiger partial charge in [-0.05, 0) is 18.4 Å². The van der Waals surface area contributed by atoms with E-state index in [9.17, 15) is 9.59 Å². The van der Waals surface area contributed by atoms with E-state index in [0.717, 1.165) is 31.2 Å². The molecule has 0 bridgehead atoms. The third-order valence-electron chi connectivity index (χ3n) is 3.35. The third-order valence-corrected chi connectivity index (χ3v) is 3.35. The number of nitrogens with two attached hydrogens (primary N) is 1. The number of hydrogen-bond donors (Lipinski definition) is 2. The summed E-state index contributed by atoms with van der Waals surface area (Å²) in [5, 5.41) is 2.79. The van der Waals surface area contributed by atoms with Crippen LogP contribution in [0.3, 0.4) is 0 Å². The van der Waals surface area contributed by atoms with E-state index in [1.807, 2.05) is 18.2 Å². The second-order valence-electron chi connectivity index (χ2n) is 5.03. The van der Waals surface area contributed by atoms with Crippen molar-refractivity contribution in [2.75, 3.05) is 0 Å². The van der Waals surface area contributed by atoms with E-state index in [0.29, 0.717) is 0 Å². The Morgan fingerprint density at radius 1 is 1.10 bits per heavy atom. The Morgan fingerprint density at radius 3 is 2.10 bits per heavy atom. The summed E-state index contributed by atoms with van der Waals surface area (Å²) in [6.07, 6.45) is 3.56. The Hall–Kier alpha value is -1.84. The molecule has 0 aromatic heterocycles. The fraction of sp³-hybridized carbons (Fsp3) is 0.500. The fourth-order valence-corrected chi connectivity index (χ4v) is 2.33. The predicted octanol–water partition coefficient (Wildman–Crippen LogP) is 2.55. The van der Waals surface area contributed by atoms with Gasteiger partial charge in [0.2, 0.25) is 11.8 Å². The number of carbonyl (C=O) groups is 2. The average Bonchev–Trinajstić information content (AvgIpc) is 2.45. The van der Waals surface area contributed by atoms with Gasteiger partial charge in [-0.2, -0.15) is 0 Å². The van der Waals surface area contributed by atoms with Crippen LogP contribution in [0.5, 0.6) is 0 Å². The van der Waals surface area contributed by atoms with Crippen molar-refractivity contribution in [3.8, 4) is 0 Å². The van der Waals surface area contributed by atoms with E-state index in [1.165, 1.54) is 0 Å². The number of nitrogens with one attached hydrogen (secondary N) is 1. The lowest BCUT2D eigenvalue weighted by molar-refractivity contribution is -0.130. The summed E-state index contributed by atoms with van der Waals surface area (Å²) < 4.78 is 0. The van der Waals surface area contributed by atoms with Crippen LogP contribution in [-0.4, -0.2) is 11.8 Å². The van der Waals surface area contributed by atoms with Gasteiger partial charge in [-0.1, -0.05) is 57.0 Å². The SMILES string of the molecule is CCCC(CCC)C(=O)NC(C(N)=O)c1ccccc1. The maximum absolute atomic E-state index is 12.3. The molecule has 1 aromatic rings. The van der Waals surface area contributed by atoms with E-state index < -0.39 is 11.9 Å². The molecule has 2 amide bonds. The molecule has 0 spiro atoms. The van der Waals surface area contributed by atoms with Crippen LogP contribution in [0.25, 0.3) is 0 Å². The normalized spacial score (nSPS) is 12.2. The standard InChI is InChI=1S/C16H24N2O2/c1-3-8-13(9-4-2)16(20)18-14(15(17)19)12-10-6-5-7-11-12/h5-7,10-11,13-14H,3-4,8-9H2,1-2H3,(H2,17,19)(H,18,20). The molecule has 0 aliphatic carbocycles.